The second kappa shape index (κ2) is 12.4. The molecule has 0 radical (unpaired) electrons. The minimum absolute atomic E-state index is 0.0198. The van der Waals surface area contributed by atoms with Gasteiger partial charge in [0, 0.05) is 49.0 Å². The quantitative estimate of drug-likeness (QED) is 0.380. The van der Waals surface area contributed by atoms with Crippen molar-refractivity contribution in [2.75, 3.05) is 57.7 Å². The van der Waals surface area contributed by atoms with E-state index in [0.717, 1.165) is 25.9 Å². The van der Waals surface area contributed by atoms with Gasteiger partial charge in [-0.05, 0) is 75.4 Å². The Bertz CT molecular complexity index is 1730. The summed E-state index contributed by atoms with van der Waals surface area (Å²) >= 11 is 12.8. The molecule has 3 aromatic rings. The summed E-state index contributed by atoms with van der Waals surface area (Å²) in [4.78, 5) is 39.0. The van der Waals surface area contributed by atoms with Crippen LogP contribution in [0.25, 0.3) is 0 Å². The number of carbonyl (C=O) groups excluding carboxylic acids is 2. The number of hydrogen-bond acceptors (Lipinski definition) is 9. The third-order valence-electron chi connectivity index (χ3n) is 8.76. The first-order valence-electron chi connectivity index (χ1n) is 14.6. The summed E-state index contributed by atoms with van der Waals surface area (Å²) in [5, 5.41) is 0.130. The Morgan fingerprint density at radius 1 is 0.956 bits per heavy atom. The number of halogens is 2. The van der Waals surface area contributed by atoms with Crippen LogP contribution in [0.2, 0.25) is 10.0 Å². The number of pyridine rings is 1. The van der Waals surface area contributed by atoms with Crippen molar-refractivity contribution in [2.24, 2.45) is 0 Å². The van der Waals surface area contributed by atoms with Gasteiger partial charge in [-0.25, -0.2) is 18.2 Å². The van der Waals surface area contributed by atoms with Crippen molar-refractivity contribution in [3.63, 3.8) is 0 Å². The van der Waals surface area contributed by atoms with E-state index in [4.69, 9.17) is 32.7 Å². The van der Waals surface area contributed by atoms with Crippen LogP contribution in [-0.2, 0) is 25.2 Å². The van der Waals surface area contributed by atoms with Crippen molar-refractivity contribution in [1.29, 1.82) is 0 Å². The minimum atomic E-state index is -4.60. The predicted molar refractivity (Wildman–Crippen MR) is 169 cm³/mol. The summed E-state index contributed by atoms with van der Waals surface area (Å²) in [6.07, 6.45) is 2.80. The van der Waals surface area contributed by atoms with E-state index in [-0.39, 0.29) is 37.6 Å². The van der Waals surface area contributed by atoms with Gasteiger partial charge in [0.05, 0.1) is 23.4 Å². The third-order valence-corrected chi connectivity index (χ3v) is 11.2. The van der Waals surface area contributed by atoms with Crippen LogP contribution >= 0.6 is 23.2 Å². The maximum atomic E-state index is 14.8. The molecule has 1 aromatic heterocycles. The Labute approximate surface area is 272 Å². The molecule has 0 saturated carbocycles. The van der Waals surface area contributed by atoms with Crippen molar-refractivity contribution < 1.29 is 27.5 Å². The van der Waals surface area contributed by atoms with Gasteiger partial charge in [-0.2, -0.15) is 4.31 Å². The van der Waals surface area contributed by atoms with Crippen LogP contribution in [0.1, 0.15) is 24.0 Å². The number of aromatic nitrogens is 1. The van der Waals surface area contributed by atoms with Gasteiger partial charge in [-0.15, -0.1) is 0 Å². The lowest BCUT2D eigenvalue weighted by Gasteiger charge is -2.42. The summed E-state index contributed by atoms with van der Waals surface area (Å²) < 4.78 is 40.7. The number of hydrogen-bond donors (Lipinski definition) is 0. The van der Waals surface area contributed by atoms with Crippen molar-refractivity contribution in [3.8, 4) is 5.88 Å². The first-order valence-corrected chi connectivity index (χ1v) is 16.8. The molecular weight excluding hydrogens is 641 g/mol. The van der Waals surface area contributed by atoms with E-state index < -0.39 is 27.6 Å². The number of methoxy groups -OCH3 is 1. The molecule has 6 rings (SSSR count). The first-order chi connectivity index (χ1) is 21.6. The number of likely N-dealkylation sites (tertiary alicyclic amines) is 1. The minimum Gasteiger partial charge on any atom is -0.481 e. The monoisotopic (exact) mass is 673 g/mol. The molecule has 14 heteroatoms. The predicted octanol–water partition coefficient (Wildman–Crippen LogP) is 4.22. The van der Waals surface area contributed by atoms with Crippen molar-refractivity contribution in [1.82, 2.24) is 19.7 Å². The highest BCUT2D eigenvalue weighted by Crippen LogP contribution is 2.52. The largest absolute Gasteiger partial charge is 0.481 e. The Hall–Kier alpha value is -3.42. The van der Waals surface area contributed by atoms with Crippen LogP contribution in [-0.4, -0.2) is 99.6 Å². The molecular formula is C31H33Cl2N5O6S. The number of nitrogens with zero attached hydrogens (tertiary/aromatic N) is 5. The van der Waals surface area contributed by atoms with Gasteiger partial charge in [0.25, 0.3) is 21.5 Å². The maximum absolute atomic E-state index is 14.8. The smallest absolute Gasteiger partial charge is 0.411 e. The molecule has 11 nitrogen and oxygen atoms in total. The molecule has 0 aliphatic carbocycles. The number of piperidine rings is 1. The average Bonchev–Trinajstić information content (AvgIpc) is 3.29. The van der Waals surface area contributed by atoms with Crippen LogP contribution in [0.3, 0.4) is 0 Å². The zero-order valence-corrected chi connectivity index (χ0v) is 27.2. The Balaban J connectivity index is 1.41. The molecule has 1 atom stereocenters. The van der Waals surface area contributed by atoms with E-state index >= 15 is 0 Å². The van der Waals surface area contributed by atoms with Gasteiger partial charge in [-0.3, -0.25) is 9.69 Å². The van der Waals surface area contributed by atoms with Crippen molar-refractivity contribution in [2.45, 2.75) is 29.4 Å². The van der Waals surface area contributed by atoms with Crippen LogP contribution in [0.5, 0.6) is 5.88 Å². The number of sulfonamides is 1. The van der Waals surface area contributed by atoms with E-state index in [1.165, 1.54) is 55.8 Å². The van der Waals surface area contributed by atoms with Crippen LogP contribution in [0.4, 0.5) is 10.5 Å². The molecule has 0 N–H and O–H groups in total. The van der Waals surface area contributed by atoms with Crippen molar-refractivity contribution >= 4 is 50.9 Å². The van der Waals surface area contributed by atoms with Gasteiger partial charge in [0.1, 0.15) is 4.90 Å². The molecule has 3 aliphatic heterocycles. The topological polar surface area (TPSA) is 113 Å². The number of amides is 2. The summed E-state index contributed by atoms with van der Waals surface area (Å²) in [6.45, 7) is 4.11. The molecule has 2 amide bonds. The van der Waals surface area contributed by atoms with E-state index in [1.54, 1.807) is 17.0 Å². The van der Waals surface area contributed by atoms with Crippen LogP contribution in [0, 0.1) is 0 Å². The number of carbonyl (C=O) groups is 2. The molecule has 2 fully saturated rings. The second-order valence-corrected chi connectivity index (χ2v) is 13.9. The molecule has 238 valence electrons. The van der Waals surface area contributed by atoms with Crippen molar-refractivity contribution in [3.05, 3.63) is 82.0 Å². The lowest BCUT2D eigenvalue weighted by molar-refractivity contribution is -0.132. The summed E-state index contributed by atoms with van der Waals surface area (Å²) in [5.41, 5.74) is -2.22. The molecule has 45 heavy (non-hydrogen) atoms. The Kier molecular flexibility index (Phi) is 8.70. The zero-order valence-electron chi connectivity index (χ0n) is 24.9. The molecule has 0 bridgehead atoms. The first kappa shape index (κ1) is 31.6. The fraction of sp³-hybridized carbons (Fsp3) is 0.387. The van der Waals surface area contributed by atoms with Gasteiger partial charge in [0.15, 0.2) is 0 Å². The number of piperazine rings is 1. The van der Waals surface area contributed by atoms with Crippen LogP contribution < -0.4 is 9.04 Å². The molecule has 0 spiro atoms. The highest BCUT2D eigenvalue weighted by Gasteiger charge is 2.61. The van der Waals surface area contributed by atoms with Gasteiger partial charge >= 0.3 is 6.09 Å². The SMILES string of the molecule is COc1ncccc1C1(OC(=O)N2CCN(C3CCN(C)CC3)CC2)C(=O)N(S(=O)(=O)c2ccccc2Cl)c2ccc(Cl)cc21. The fourth-order valence-corrected chi connectivity index (χ4v) is 8.51. The number of benzene rings is 2. The maximum Gasteiger partial charge on any atom is 0.411 e. The van der Waals surface area contributed by atoms with E-state index in [0.29, 0.717) is 36.5 Å². The summed E-state index contributed by atoms with van der Waals surface area (Å²) in [5.74, 6) is -1.07. The normalized spacial score (nSPS) is 21.6. The zero-order chi connectivity index (χ0) is 31.9. The average molecular weight is 675 g/mol. The number of fused-ring (bicyclic) bond motifs is 1. The number of ether oxygens (including phenoxy) is 2. The highest BCUT2D eigenvalue weighted by molar-refractivity contribution is 7.93. The van der Waals surface area contributed by atoms with Gasteiger partial charge in [-0.1, -0.05) is 35.3 Å². The molecule has 2 aromatic carbocycles. The Morgan fingerprint density at radius 3 is 2.36 bits per heavy atom. The fourth-order valence-electron chi connectivity index (χ4n) is 6.39. The van der Waals surface area contributed by atoms with E-state index in [9.17, 15) is 18.0 Å². The standard InChI is InChI=1S/C31H33Cl2N5O6S/c1-35-14-11-22(12-15-35)36-16-18-37(19-17-36)30(40)44-31(23-6-5-13-34-28(23)43-2)24-20-21(32)9-10-26(24)38(29(31)39)45(41,42)27-8-4-3-7-25(27)33/h3-10,13,20,22H,11-12,14-19H2,1-2H3. The Morgan fingerprint density at radius 2 is 1.67 bits per heavy atom. The second-order valence-electron chi connectivity index (χ2n) is 11.3. The molecule has 3 aliphatic rings. The lowest BCUT2D eigenvalue weighted by Crippen LogP contribution is -2.55. The molecule has 4 heterocycles. The number of rotatable bonds is 6. The molecule has 2 saturated heterocycles. The third kappa shape index (κ3) is 5.52. The molecule has 1 unspecified atom stereocenters. The summed E-state index contributed by atoms with van der Waals surface area (Å²) in [7, 11) is -1.12. The summed E-state index contributed by atoms with van der Waals surface area (Å²) in [6, 6.07) is 13.6. The lowest BCUT2D eigenvalue weighted by atomic mass is 9.87. The van der Waals surface area contributed by atoms with E-state index in [1.807, 2.05) is 0 Å². The number of anilines is 1. The highest BCUT2D eigenvalue weighted by atomic mass is 35.5. The van der Waals surface area contributed by atoms with Gasteiger partial charge in [0.2, 0.25) is 5.88 Å². The van der Waals surface area contributed by atoms with E-state index in [2.05, 4.69) is 21.8 Å². The van der Waals surface area contributed by atoms with Gasteiger partial charge < -0.3 is 19.3 Å². The van der Waals surface area contributed by atoms with Crippen LogP contribution in [0.15, 0.2) is 65.7 Å².